The fourth-order valence-electron chi connectivity index (χ4n) is 1.53. The lowest BCUT2D eigenvalue weighted by Gasteiger charge is -2.15. The maximum atomic E-state index is 11.7. The molecule has 0 heterocycles. The molecule has 0 aromatic heterocycles. The molecule has 6 nitrogen and oxygen atoms in total. The fourth-order valence-corrected chi connectivity index (χ4v) is 1.53. The van der Waals surface area contributed by atoms with E-state index in [2.05, 4.69) is 10.6 Å². The molecule has 0 aliphatic rings. The molecule has 2 amide bonds. The Morgan fingerprint density at radius 2 is 1.73 bits per heavy atom. The van der Waals surface area contributed by atoms with Crippen molar-refractivity contribution in [1.29, 1.82) is 0 Å². The summed E-state index contributed by atoms with van der Waals surface area (Å²) in [6.07, 6.45) is -1.53. The van der Waals surface area contributed by atoms with Gasteiger partial charge in [0.15, 0.2) is 0 Å². The minimum Gasteiger partial charge on any atom is -0.449 e. The molecular formula is C16H24N2O4. The largest absolute Gasteiger partial charge is 0.449 e. The van der Waals surface area contributed by atoms with Crippen LogP contribution in [-0.4, -0.2) is 31.4 Å². The van der Waals surface area contributed by atoms with Crippen molar-refractivity contribution in [3.63, 3.8) is 0 Å². The number of nitrogens with one attached hydrogen (secondary N) is 2. The van der Waals surface area contributed by atoms with Gasteiger partial charge in [0.2, 0.25) is 0 Å². The molecule has 6 heteroatoms. The Labute approximate surface area is 131 Å². The smallest absolute Gasteiger partial charge is 0.411 e. The molecule has 0 aliphatic carbocycles. The number of carbonyl (C=O) groups is 2. The summed E-state index contributed by atoms with van der Waals surface area (Å²) in [6, 6.07) is 7.38. The van der Waals surface area contributed by atoms with Crippen molar-refractivity contribution in [2.75, 3.05) is 18.5 Å². The van der Waals surface area contributed by atoms with Crippen LogP contribution in [0.25, 0.3) is 0 Å². The Morgan fingerprint density at radius 3 is 2.32 bits per heavy atom. The molecule has 122 valence electrons. The van der Waals surface area contributed by atoms with Crippen LogP contribution in [0.3, 0.4) is 0 Å². The van der Waals surface area contributed by atoms with E-state index in [1.54, 1.807) is 19.1 Å². The standard InChI is InChI=1S/C16H24N2O4/c1-11(2)10-21-15(19)17-9-13(4)22-16(20)18-14-7-5-12(3)6-8-14/h5-8,11,13H,9-10H2,1-4H3,(H,17,19)(H,18,20). The molecule has 0 saturated heterocycles. The van der Waals surface area contributed by atoms with Crippen LogP contribution in [0.1, 0.15) is 26.3 Å². The third kappa shape index (κ3) is 7.52. The van der Waals surface area contributed by atoms with E-state index < -0.39 is 18.3 Å². The van der Waals surface area contributed by atoms with Gasteiger partial charge in [-0.05, 0) is 31.9 Å². The molecule has 2 N–H and O–H groups in total. The Hall–Kier alpha value is -2.24. The van der Waals surface area contributed by atoms with Crippen molar-refractivity contribution in [2.24, 2.45) is 5.92 Å². The number of carbonyl (C=O) groups excluding carboxylic acids is 2. The second-order valence-corrected chi connectivity index (χ2v) is 5.58. The maximum absolute atomic E-state index is 11.7. The van der Waals surface area contributed by atoms with E-state index in [1.165, 1.54) is 0 Å². The minimum atomic E-state index is -0.561. The second-order valence-electron chi connectivity index (χ2n) is 5.58. The Morgan fingerprint density at radius 1 is 1.09 bits per heavy atom. The van der Waals surface area contributed by atoms with Crippen LogP contribution >= 0.6 is 0 Å². The molecule has 1 unspecified atom stereocenters. The average molecular weight is 308 g/mol. The van der Waals surface area contributed by atoms with E-state index in [9.17, 15) is 9.59 Å². The number of benzene rings is 1. The van der Waals surface area contributed by atoms with Gasteiger partial charge in [0, 0.05) is 5.69 Å². The second kappa shape index (κ2) is 8.92. The van der Waals surface area contributed by atoms with Crippen molar-refractivity contribution >= 4 is 17.9 Å². The zero-order valence-corrected chi connectivity index (χ0v) is 13.5. The normalized spacial score (nSPS) is 11.7. The highest BCUT2D eigenvalue weighted by atomic mass is 16.6. The number of alkyl carbamates (subject to hydrolysis) is 1. The maximum Gasteiger partial charge on any atom is 0.411 e. The zero-order valence-electron chi connectivity index (χ0n) is 13.5. The Balaban J connectivity index is 2.26. The molecular weight excluding hydrogens is 284 g/mol. The lowest BCUT2D eigenvalue weighted by molar-refractivity contribution is 0.107. The first-order chi connectivity index (χ1) is 10.4. The highest BCUT2D eigenvalue weighted by molar-refractivity contribution is 5.84. The van der Waals surface area contributed by atoms with Crippen molar-refractivity contribution in [1.82, 2.24) is 5.32 Å². The highest BCUT2D eigenvalue weighted by Gasteiger charge is 2.11. The van der Waals surface area contributed by atoms with Crippen LogP contribution in [0.15, 0.2) is 24.3 Å². The van der Waals surface area contributed by atoms with Crippen LogP contribution in [0, 0.1) is 12.8 Å². The molecule has 0 fully saturated rings. The number of hydrogen-bond acceptors (Lipinski definition) is 4. The summed E-state index contributed by atoms with van der Waals surface area (Å²) in [5, 5.41) is 5.17. The van der Waals surface area contributed by atoms with Crippen LogP contribution in [0.4, 0.5) is 15.3 Å². The summed E-state index contributed by atoms with van der Waals surface area (Å²) >= 11 is 0. The first-order valence-electron chi connectivity index (χ1n) is 7.31. The molecule has 0 bridgehead atoms. The number of amides is 2. The van der Waals surface area contributed by atoms with E-state index in [-0.39, 0.29) is 12.5 Å². The summed E-state index contributed by atoms with van der Waals surface area (Å²) < 4.78 is 10.1. The molecule has 1 atom stereocenters. The molecule has 1 rings (SSSR count). The van der Waals surface area contributed by atoms with Crippen molar-refractivity contribution < 1.29 is 19.1 Å². The average Bonchev–Trinajstić information content (AvgIpc) is 2.45. The van der Waals surface area contributed by atoms with Crippen LogP contribution in [-0.2, 0) is 9.47 Å². The number of ether oxygens (including phenoxy) is 2. The number of hydrogen-bond donors (Lipinski definition) is 2. The molecule has 22 heavy (non-hydrogen) atoms. The van der Waals surface area contributed by atoms with Crippen LogP contribution in [0.5, 0.6) is 0 Å². The van der Waals surface area contributed by atoms with E-state index in [0.29, 0.717) is 12.3 Å². The quantitative estimate of drug-likeness (QED) is 0.845. The molecule has 0 aliphatic heterocycles. The monoisotopic (exact) mass is 308 g/mol. The molecule has 1 aromatic carbocycles. The Kier molecular flexibility index (Phi) is 7.22. The van der Waals surface area contributed by atoms with Gasteiger partial charge in [-0.3, -0.25) is 5.32 Å². The van der Waals surface area contributed by atoms with Crippen molar-refractivity contribution in [3.05, 3.63) is 29.8 Å². The molecule has 0 radical (unpaired) electrons. The van der Waals surface area contributed by atoms with Gasteiger partial charge in [-0.2, -0.15) is 0 Å². The fraction of sp³-hybridized carbons (Fsp3) is 0.500. The number of rotatable bonds is 6. The Bertz CT molecular complexity index is 485. The highest BCUT2D eigenvalue weighted by Crippen LogP contribution is 2.09. The van der Waals surface area contributed by atoms with Gasteiger partial charge < -0.3 is 14.8 Å². The third-order valence-electron chi connectivity index (χ3n) is 2.69. The summed E-state index contributed by atoms with van der Waals surface area (Å²) in [5.41, 5.74) is 1.77. The van der Waals surface area contributed by atoms with Gasteiger partial charge in [0.25, 0.3) is 0 Å². The first kappa shape index (κ1) is 17.8. The van der Waals surface area contributed by atoms with E-state index >= 15 is 0 Å². The minimum absolute atomic E-state index is 0.193. The van der Waals surface area contributed by atoms with Crippen LogP contribution in [0.2, 0.25) is 0 Å². The van der Waals surface area contributed by atoms with Crippen LogP contribution < -0.4 is 10.6 Å². The van der Waals surface area contributed by atoms with Gasteiger partial charge in [-0.25, -0.2) is 9.59 Å². The third-order valence-corrected chi connectivity index (χ3v) is 2.69. The molecule has 0 spiro atoms. The predicted molar refractivity (Wildman–Crippen MR) is 84.9 cm³/mol. The zero-order chi connectivity index (χ0) is 16.5. The first-order valence-corrected chi connectivity index (χ1v) is 7.31. The lowest BCUT2D eigenvalue weighted by atomic mass is 10.2. The van der Waals surface area contributed by atoms with Gasteiger partial charge in [-0.15, -0.1) is 0 Å². The summed E-state index contributed by atoms with van der Waals surface area (Å²) in [6.45, 7) is 8.11. The summed E-state index contributed by atoms with van der Waals surface area (Å²) in [5.74, 6) is 0.278. The van der Waals surface area contributed by atoms with Gasteiger partial charge >= 0.3 is 12.2 Å². The van der Waals surface area contributed by atoms with E-state index in [4.69, 9.17) is 9.47 Å². The summed E-state index contributed by atoms with van der Waals surface area (Å²) in [4.78, 5) is 23.1. The SMILES string of the molecule is Cc1ccc(NC(=O)OC(C)CNC(=O)OCC(C)C)cc1. The van der Waals surface area contributed by atoms with Gasteiger partial charge in [0.05, 0.1) is 13.2 Å². The number of anilines is 1. The van der Waals surface area contributed by atoms with Gasteiger partial charge in [-0.1, -0.05) is 31.5 Å². The molecule has 0 saturated carbocycles. The van der Waals surface area contributed by atoms with E-state index in [0.717, 1.165) is 5.56 Å². The topological polar surface area (TPSA) is 76.7 Å². The lowest BCUT2D eigenvalue weighted by Crippen LogP contribution is -2.35. The summed E-state index contributed by atoms with van der Waals surface area (Å²) in [7, 11) is 0. The van der Waals surface area contributed by atoms with E-state index in [1.807, 2.05) is 32.9 Å². The number of aryl methyl sites for hydroxylation is 1. The van der Waals surface area contributed by atoms with Crippen molar-refractivity contribution in [3.8, 4) is 0 Å². The molecule has 1 aromatic rings. The predicted octanol–water partition coefficient (Wildman–Crippen LogP) is 3.31. The van der Waals surface area contributed by atoms with Crippen molar-refractivity contribution in [2.45, 2.75) is 33.8 Å². The van der Waals surface area contributed by atoms with Gasteiger partial charge in [0.1, 0.15) is 6.10 Å².